The van der Waals surface area contributed by atoms with Crippen molar-refractivity contribution >= 4 is 23.2 Å². The number of hydrogen-bond acceptors (Lipinski definition) is 5. The quantitative estimate of drug-likeness (QED) is 0.860. The first-order valence-corrected chi connectivity index (χ1v) is 6.32. The fourth-order valence-corrected chi connectivity index (χ4v) is 1.97. The highest BCUT2D eigenvalue weighted by molar-refractivity contribution is 6.28. The largest absolute Gasteiger partial charge is 0.467 e. The minimum atomic E-state index is 0.119. The van der Waals surface area contributed by atoms with Gasteiger partial charge in [0.05, 0.1) is 7.11 Å². The fraction of sp³-hybridized carbons (Fsp3) is 0.308. The number of anilines is 2. The number of para-hydroxylation sites is 1. The Bertz CT molecular complexity index is 576. The number of benzene rings is 1. The molecule has 6 heteroatoms. The van der Waals surface area contributed by atoms with Gasteiger partial charge in [0.25, 0.3) is 0 Å². The van der Waals surface area contributed by atoms with Crippen LogP contribution < -0.4 is 9.64 Å². The lowest BCUT2D eigenvalue weighted by Gasteiger charge is -2.22. The summed E-state index contributed by atoms with van der Waals surface area (Å²) in [4.78, 5) is 14.2. The Hall–Kier alpha value is -1.88. The lowest BCUT2D eigenvalue weighted by molar-refractivity contribution is 0.378. The molecule has 0 saturated heterocycles. The SMILES string of the molecule is CCN(c1nc(Cl)nc(OC)n1)c1ccccc1C. The number of ether oxygens (including phenoxy) is 1. The van der Waals surface area contributed by atoms with Crippen LogP contribution in [0.4, 0.5) is 11.6 Å². The first-order chi connectivity index (χ1) is 9.15. The number of nitrogens with zero attached hydrogens (tertiary/aromatic N) is 4. The minimum Gasteiger partial charge on any atom is -0.467 e. The van der Waals surface area contributed by atoms with Gasteiger partial charge in [-0.2, -0.15) is 15.0 Å². The molecule has 2 aromatic rings. The third kappa shape index (κ3) is 2.93. The van der Waals surface area contributed by atoms with Crippen LogP contribution in [-0.2, 0) is 0 Å². The molecule has 1 heterocycles. The van der Waals surface area contributed by atoms with E-state index in [0.29, 0.717) is 12.5 Å². The van der Waals surface area contributed by atoms with Crippen LogP contribution in [0.1, 0.15) is 12.5 Å². The van der Waals surface area contributed by atoms with Gasteiger partial charge < -0.3 is 9.64 Å². The van der Waals surface area contributed by atoms with Crippen LogP contribution >= 0.6 is 11.6 Å². The van der Waals surface area contributed by atoms with Crippen molar-refractivity contribution in [1.82, 2.24) is 15.0 Å². The van der Waals surface area contributed by atoms with Gasteiger partial charge in [-0.05, 0) is 37.1 Å². The van der Waals surface area contributed by atoms with E-state index in [1.807, 2.05) is 43.0 Å². The molecule has 5 nitrogen and oxygen atoms in total. The van der Waals surface area contributed by atoms with Gasteiger partial charge in [0.15, 0.2) is 0 Å². The number of halogens is 1. The summed E-state index contributed by atoms with van der Waals surface area (Å²) in [5.41, 5.74) is 2.18. The van der Waals surface area contributed by atoms with Gasteiger partial charge in [-0.3, -0.25) is 0 Å². The molecular weight excluding hydrogens is 264 g/mol. The maximum Gasteiger partial charge on any atom is 0.322 e. The van der Waals surface area contributed by atoms with E-state index in [-0.39, 0.29) is 11.3 Å². The maximum absolute atomic E-state index is 5.89. The number of rotatable bonds is 4. The first kappa shape index (κ1) is 13.5. The van der Waals surface area contributed by atoms with Crippen LogP contribution in [0.15, 0.2) is 24.3 Å². The van der Waals surface area contributed by atoms with Crippen LogP contribution in [-0.4, -0.2) is 28.6 Å². The monoisotopic (exact) mass is 278 g/mol. The van der Waals surface area contributed by atoms with Crippen LogP contribution in [0.3, 0.4) is 0 Å². The number of aryl methyl sites for hydroxylation is 1. The highest BCUT2D eigenvalue weighted by atomic mass is 35.5. The third-order valence-corrected chi connectivity index (χ3v) is 2.89. The molecule has 0 N–H and O–H groups in total. The third-order valence-electron chi connectivity index (χ3n) is 2.72. The standard InChI is InChI=1S/C13H15ClN4O/c1-4-18(10-8-6-5-7-9(10)2)12-15-11(14)16-13(17-12)19-3/h5-8H,4H2,1-3H3. The Morgan fingerprint density at radius 2 is 1.95 bits per heavy atom. The summed E-state index contributed by atoms with van der Waals surface area (Å²) in [6, 6.07) is 8.24. The van der Waals surface area contributed by atoms with Crippen molar-refractivity contribution in [3.63, 3.8) is 0 Å². The van der Waals surface area contributed by atoms with Crippen molar-refractivity contribution < 1.29 is 4.74 Å². The molecule has 0 aliphatic rings. The highest BCUT2D eigenvalue weighted by Crippen LogP contribution is 2.26. The van der Waals surface area contributed by atoms with Gasteiger partial charge in [0.1, 0.15) is 0 Å². The fourth-order valence-electron chi connectivity index (χ4n) is 1.82. The lowest BCUT2D eigenvalue weighted by Crippen LogP contribution is -2.20. The molecule has 2 rings (SSSR count). The van der Waals surface area contributed by atoms with Crippen molar-refractivity contribution in [1.29, 1.82) is 0 Å². The zero-order valence-corrected chi connectivity index (χ0v) is 11.8. The summed E-state index contributed by atoms with van der Waals surface area (Å²) in [5, 5.41) is 0.119. The number of methoxy groups -OCH3 is 1. The second kappa shape index (κ2) is 5.84. The molecule has 0 aliphatic heterocycles. The molecule has 0 fully saturated rings. The second-order valence-corrected chi connectivity index (χ2v) is 4.26. The molecule has 0 spiro atoms. The van der Waals surface area contributed by atoms with Gasteiger partial charge >= 0.3 is 6.01 Å². The molecular formula is C13H15ClN4O. The zero-order chi connectivity index (χ0) is 13.8. The molecule has 0 radical (unpaired) electrons. The molecule has 0 unspecified atom stereocenters. The zero-order valence-electron chi connectivity index (χ0n) is 11.1. The van der Waals surface area contributed by atoms with E-state index in [9.17, 15) is 0 Å². The molecule has 0 aliphatic carbocycles. The molecule has 1 aromatic heterocycles. The summed E-state index contributed by atoms with van der Waals surface area (Å²) in [5.74, 6) is 0.480. The first-order valence-electron chi connectivity index (χ1n) is 5.94. The van der Waals surface area contributed by atoms with Crippen molar-refractivity contribution in [3.8, 4) is 6.01 Å². The van der Waals surface area contributed by atoms with E-state index in [1.54, 1.807) is 0 Å². The van der Waals surface area contributed by atoms with Gasteiger partial charge in [0.2, 0.25) is 11.2 Å². The van der Waals surface area contributed by atoms with Gasteiger partial charge in [-0.25, -0.2) is 0 Å². The summed E-state index contributed by atoms with van der Waals surface area (Å²) < 4.78 is 5.02. The molecule has 19 heavy (non-hydrogen) atoms. The average molecular weight is 279 g/mol. The second-order valence-electron chi connectivity index (χ2n) is 3.92. The Balaban J connectivity index is 2.48. The molecule has 0 saturated carbocycles. The number of aromatic nitrogens is 3. The summed E-state index contributed by atoms with van der Waals surface area (Å²) in [6.45, 7) is 4.78. The normalized spacial score (nSPS) is 10.3. The molecule has 0 amide bonds. The van der Waals surface area contributed by atoms with E-state index < -0.39 is 0 Å². The van der Waals surface area contributed by atoms with Crippen LogP contribution in [0, 0.1) is 6.92 Å². The van der Waals surface area contributed by atoms with E-state index >= 15 is 0 Å². The Morgan fingerprint density at radius 3 is 2.58 bits per heavy atom. The summed E-state index contributed by atoms with van der Waals surface area (Å²) >= 11 is 5.89. The van der Waals surface area contributed by atoms with Gasteiger partial charge in [-0.1, -0.05) is 18.2 Å². The predicted molar refractivity (Wildman–Crippen MR) is 75.2 cm³/mol. The van der Waals surface area contributed by atoms with Crippen molar-refractivity contribution in [2.75, 3.05) is 18.6 Å². The Morgan fingerprint density at radius 1 is 1.21 bits per heavy atom. The van der Waals surface area contributed by atoms with E-state index in [0.717, 1.165) is 11.3 Å². The molecule has 0 atom stereocenters. The summed E-state index contributed by atoms with van der Waals surface area (Å²) in [7, 11) is 1.50. The van der Waals surface area contributed by atoms with Crippen LogP contribution in [0.2, 0.25) is 5.28 Å². The van der Waals surface area contributed by atoms with Crippen molar-refractivity contribution in [2.45, 2.75) is 13.8 Å². The Labute approximate surface area is 117 Å². The van der Waals surface area contributed by atoms with E-state index in [4.69, 9.17) is 16.3 Å². The number of hydrogen-bond donors (Lipinski definition) is 0. The van der Waals surface area contributed by atoms with Gasteiger partial charge in [-0.15, -0.1) is 0 Å². The molecule has 100 valence electrons. The summed E-state index contributed by atoms with van der Waals surface area (Å²) in [6.07, 6.45) is 0. The Kier molecular flexibility index (Phi) is 4.16. The van der Waals surface area contributed by atoms with Gasteiger partial charge in [0, 0.05) is 12.2 Å². The topological polar surface area (TPSA) is 51.1 Å². The molecule has 1 aromatic carbocycles. The molecule has 0 bridgehead atoms. The van der Waals surface area contributed by atoms with E-state index in [1.165, 1.54) is 7.11 Å². The van der Waals surface area contributed by atoms with Crippen molar-refractivity contribution in [3.05, 3.63) is 35.1 Å². The average Bonchev–Trinajstić information content (AvgIpc) is 2.41. The van der Waals surface area contributed by atoms with Crippen LogP contribution in [0.25, 0.3) is 0 Å². The smallest absolute Gasteiger partial charge is 0.322 e. The van der Waals surface area contributed by atoms with Crippen LogP contribution in [0.5, 0.6) is 6.01 Å². The van der Waals surface area contributed by atoms with E-state index in [2.05, 4.69) is 15.0 Å². The van der Waals surface area contributed by atoms with Crippen molar-refractivity contribution in [2.24, 2.45) is 0 Å². The lowest BCUT2D eigenvalue weighted by atomic mass is 10.2. The predicted octanol–water partition coefficient (Wildman–Crippen LogP) is 3.00. The highest BCUT2D eigenvalue weighted by Gasteiger charge is 2.15. The maximum atomic E-state index is 5.89. The minimum absolute atomic E-state index is 0.119.